The van der Waals surface area contributed by atoms with E-state index in [9.17, 15) is 0 Å². The van der Waals surface area contributed by atoms with Crippen LogP contribution in [0, 0.1) is 39.5 Å². The summed E-state index contributed by atoms with van der Waals surface area (Å²) in [6, 6.07) is 2.52. The molecule has 0 nitrogen and oxygen atoms in total. The number of unbranched alkanes of at least 4 members (excludes halogenated alkanes) is 2. The van der Waals surface area contributed by atoms with Gasteiger partial charge in [-0.1, -0.05) is 51.4 Å². The molecule has 0 aliphatic heterocycles. The van der Waals surface area contributed by atoms with Crippen LogP contribution in [-0.2, 0) is 36.4 Å². The Bertz CT molecular complexity index is 140. The van der Waals surface area contributed by atoms with Gasteiger partial charge in [0.25, 0.3) is 0 Å². The maximum atomic E-state index is 4.49. The van der Waals surface area contributed by atoms with Gasteiger partial charge in [-0.15, -0.1) is 0 Å². The van der Waals surface area contributed by atoms with Crippen LogP contribution in [-0.4, -0.2) is 16.1 Å². The SMILES string of the molecule is [CH2][CH][CH]C[Si](C)(C)C.[CH2][CH][CH]C[Si](C)(C)C.[Cl][Pd+].[Cl][Pd+]. The first kappa shape index (κ1) is 30.2. The van der Waals surface area contributed by atoms with Gasteiger partial charge in [0.1, 0.15) is 0 Å². The van der Waals surface area contributed by atoms with Crippen molar-refractivity contribution < 1.29 is 36.4 Å². The van der Waals surface area contributed by atoms with Gasteiger partial charge in [-0.3, -0.25) is 0 Å². The zero-order valence-electron chi connectivity index (χ0n) is 13.5. The molecule has 20 heavy (non-hydrogen) atoms. The van der Waals surface area contributed by atoms with Gasteiger partial charge in [-0.25, -0.2) is 0 Å². The predicted octanol–water partition coefficient (Wildman–Crippen LogP) is 6.51. The Labute approximate surface area is 161 Å². The van der Waals surface area contributed by atoms with E-state index in [2.05, 4.69) is 121 Å². The fraction of sp³-hybridized carbons (Fsp3) is 0.571. The minimum atomic E-state index is -0.805. The third-order valence-electron chi connectivity index (χ3n) is 1.79. The average molecular weight is 538 g/mol. The molecule has 0 aromatic rings. The molecule has 0 atom stereocenters. The van der Waals surface area contributed by atoms with Crippen LogP contribution in [0.3, 0.4) is 0 Å². The molecule has 126 valence electrons. The zero-order valence-corrected chi connectivity index (χ0v) is 20.1. The quantitative estimate of drug-likeness (QED) is 0.339. The average Bonchev–Trinajstić information content (AvgIpc) is 2.38. The summed E-state index contributed by atoms with van der Waals surface area (Å²) >= 11 is 4.44. The molecule has 0 N–H and O–H groups in total. The molecule has 0 rings (SSSR count). The monoisotopic (exact) mass is 536 g/mol. The van der Waals surface area contributed by atoms with E-state index in [1.807, 2.05) is 12.8 Å². The topological polar surface area (TPSA) is 0 Å². The first-order valence-corrected chi connectivity index (χ1v) is 17.7. The Morgan fingerprint density at radius 1 is 0.700 bits per heavy atom. The van der Waals surface area contributed by atoms with E-state index in [0.717, 1.165) is 0 Å². The van der Waals surface area contributed by atoms with Gasteiger partial charge in [0.05, 0.1) is 0 Å². The molecule has 0 aromatic heterocycles. The predicted molar refractivity (Wildman–Crippen MR) is 95.9 cm³/mol. The Kier molecular flexibility index (Phi) is 32.3. The molecule has 0 aliphatic carbocycles. The van der Waals surface area contributed by atoms with Gasteiger partial charge in [0, 0.05) is 16.1 Å². The van der Waals surface area contributed by atoms with Crippen molar-refractivity contribution in [3.63, 3.8) is 0 Å². The summed E-state index contributed by atoms with van der Waals surface area (Å²) in [4.78, 5) is 0. The van der Waals surface area contributed by atoms with Crippen LogP contribution in [0.25, 0.3) is 0 Å². The second kappa shape index (κ2) is 21.3. The third kappa shape index (κ3) is 50.0. The molecule has 0 unspecified atom stereocenters. The van der Waals surface area contributed by atoms with Crippen molar-refractivity contribution in [1.82, 2.24) is 0 Å². The van der Waals surface area contributed by atoms with E-state index in [-0.39, 0.29) is 0 Å². The molecule has 0 saturated carbocycles. The van der Waals surface area contributed by atoms with Gasteiger partial charge in [0.15, 0.2) is 0 Å². The van der Waals surface area contributed by atoms with Crippen molar-refractivity contribution in [1.29, 1.82) is 0 Å². The minimum absolute atomic E-state index is 0.805. The van der Waals surface area contributed by atoms with Gasteiger partial charge >= 0.3 is 55.4 Å². The second-order valence-electron chi connectivity index (χ2n) is 6.47. The van der Waals surface area contributed by atoms with Gasteiger partial charge in [-0.2, -0.15) is 0 Å². The van der Waals surface area contributed by atoms with Gasteiger partial charge in [0.2, 0.25) is 0 Å². The summed E-state index contributed by atoms with van der Waals surface area (Å²) < 4.78 is 0. The molecule has 0 bridgehead atoms. The second-order valence-corrected chi connectivity index (χ2v) is 17.5. The molecular weight excluding hydrogens is 508 g/mol. The van der Waals surface area contributed by atoms with Crippen LogP contribution >= 0.6 is 19.1 Å². The summed E-state index contributed by atoms with van der Waals surface area (Å²) in [7, 11) is 7.37. The molecule has 0 aromatic carbocycles. The summed E-state index contributed by atoms with van der Waals surface area (Å²) in [5, 5.41) is 0. The summed E-state index contributed by atoms with van der Waals surface area (Å²) in [5.41, 5.74) is 0. The number of rotatable bonds is 6. The fourth-order valence-electron chi connectivity index (χ4n) is 0.874. The van der Waals surface area contributed by atoms with Crippen LogP contribution < -0.4 is 0 Å². The van der Waals surface area contributed by atoms with Gasteiger partial charge in [-0.05, 0) is 39.5 Å². The van der Waals surface area contributed by atoms with Crippen molar-refractivity contribution in [2.75, 3.05) is 0 Å². The number of hydrogen-bond acceptors (Lipinski definition) is 0. The Hall–Kier alpha value is 2.34. The molecule has 6 radical (unpaired) electrons. The zero-order chi connectivity index (χ0) is 17.2. The first-order valence-electron chi connectivity index (χ1n) is 6.25. The molecule has 0 fully saturated rings. The Morgan fingerprint density at radius 3 is 0.950 bits per heavy atom. The van der Waals surface area contributed by atoms with Crippen molar-refractivity contribution in [2.45, 2.75) is 51.4 Å². The van der Waals surface area contributed by atoms with Crippen molar-refractivity contribution in [3.8, 4) is 0 Å². The molecule has 0 amide bonds. The molecule has 0 aliphatic rings. The van der Waals surface area contributed by atoms with Crippen molar-refractivity contribution >= 4 is 35.2 Å². The van der Waals surface area contributed by atoms with Crippen LogP contribution in [0.1, 0.15) is 0 Å². The Balaban J connectivity index is -0.000000102. The van der Waals surface area contributed by atoms with E-state index in [1.54, 1.807) is 0 Å². The normalized spacial score (nSPS) is 10.3. The van der Waals surface area contributed by atoms with Crippen LogP contribution in [0.4, 0.5) is 0 Å². The maximum absolute atomic E-state index is 4.49. The fourth-order valence-corrected chi connectivity index (χ4v) is 2.62. The van der Waals surface area contributed by atoms with E-state index >= 15 is 0 Å². The van der Waals surface area contributed by atoms with E-state index in [4.69, 9.17) is 0 Å². The van der Waals surface area contributed by atoms with Gasteiger partial charge < -0.3 is 0 Å². The first-order chi connectivity index (χ1) is 9.12. The molecule has 0 spiro atoms. The molecule has 0 heterocycles. The molecule has 6 heteroatoms. The number of hydrogen-bond donors (Lipinski definition) is 0. The molecular formula is C14H30Cl2Pd2Si2+2. The van der Waals surface area contributed by atoms with E-state index in [0.29, 0.717) is 0 Å². The van der Waals surface area contributed by atoms with E-state index in [1.165, 1.54) is 12.1 Å². The Morgan fingerprint density at radius 2 is 0.900 bits per heavy atom. The summed E-state index contributed by atoms with van der Waals surface area (Å²) in [6.07, 6.45) is 8.09. The van der Waals surface area contributed by atoms with Crippen LogP contribution in [0.5, 0.6) is 0 Å². The summed E-state index contributed by atoms with van der Waals surface area (Å²) in [5.74, 6) is 0. The van der Waals surface area contributed by atoms with Crippen LogP contribution in [0.2, 0.25) is 51.4 Å². The van der Waals surface area contributed by atoms with Crippen molar-refractivity contribution in [2.24, 2.45) is 0 Å². The third-order valence-corrected chi connectivity index (χ3v) is 4.71. The van der Waals surface area contributed by atoms with E-state index < -0.39 is 16.1 Å². The molecule has 0 saturated heterocycles. The standard InChI is InChI=1S/2C7H15Si.2ClH.2Pd/c2*1-5-6-7-8(2,3)4;;;;/h2*5-6H,1,7H2,2-4H3;2*1H;;/q;;;;2*+2/p-2. The van der Waals surface area contributed by atoms with Crippen molar-refractivity contribution in [3.05, 3.63) is 39.5 Å². The summed E-state index contributed by atoms with van der Waals surface area (Å²) in [6.45, 7) is 21.4. The number of halogens is 2. The van der Waals surface area contributed by atoms with Crippen LogP contribution in [0.15, 0.2) is 0 Å².